The van der Waals surface area contributed by atoms with E-state index in [4.69, 9.17) is 4.74 Å². The minimum Gasteiger partial charge on any atom is -0.490 e. The van der Waals surface area contributed by atoms with E-state index >= 15 is 0 Å². The summed E-state index contributed by atoms with van der Waals surface area (Å²) in [7, 11) is 0. The van der Waals surface area contributed by atoms with Crippen molar-refractivity contribution in [2.75, 3.05) is 6.61 Å². The maximum atomic E-state index is 14.4. The van der Waals surface area contributed by atoms with Gasteiger partial charge in [0, 0.05) is 11.1 Å². The molecule has 2 aromatic rings. The molecule has 0 aliphatic rings. The van der Waals surface area contributed by atoms with E-state index in [1.165, 1.54) is 24.3 Å². The molecule has 0 saturated carbocycles. The lowest BCUT2D eigenvalue weighted by Gasteiger charge is -2.12. The highest BCUT2D eigenvalue weighted by Crippen LogP contribution is 2.33. The van der Waals surface area contributed by atoms with Crippen molar-refractivity contribution < 1.29 is 22.3 Å². The Labute approximate surface area is 152 Å². The Morgan fingerprint density at radius 2 is 1.31 bits per heavy atom. The summed E-state index contributed by atoms with van der Waals surface area (Å²) in [6.07, 6.45) is 4.62. The molecule has 0 amide bonds. The van der Waals surface area contributed by atoms with Gasteiger partial charge in [-0.05, 0) is 37.0 Å². The summed E-state index contributed by atoms with van der Waals surface area (Å²) >= 11 is 0. The summed E-state index contributed by atoms with van der Waals surface area (Å²) in [5.74, 6) is -4.81. The average Bonchev–Trinajstić information content (AvgIpc) is 2.64. The van der Waals surface area contributed by atoms with Crippen LogP contribution in [0, 0.1) is 23.3 Å². The van der Waals surface area contributed by atoms with Crippen LogP contribution in [0.4, 0.5) is 17.6 Å². The number of halogens is 4. The average molecular weight is 368 g/mol. The largest absolute Gasteiger partial charge is 0.490 e. The quantitative estimate of drug-likeness (QED) is 0.348. The van der Waals surface area contributed by atoms with Crippen molar-refractivity contribution in [3.8, 4) is 16.9 Å². The van der Waals surface area contributed by atoms with E-state index in [0.29, 0.717) is 6.42 Å². The van der Waals surface area contributed by atoms with Gasteiger partial charge in [-0.15, -0.1) is 0 Å². The Balaban J connectivity index is 2.29. The standard InChI is InChI=1S/C21H24F4O/c1-3-5-7-13-26-17-12-11-16(20(24)21(17)25)15-10-9-14(8-6-4-2)18(22)19(15)23/h9-12H,3-8,13H2,1-2H3. The van der Waals surface area contributed by atoms with Gasteiger partial charge in [-0.1, -0.05) is 45.2 Å². The molecule has 0 unspecified atom stereocenters. The van der Waals surface area contributed by atoms with Crippen LogP contribution in [0.15, 0.2) is 24.3 Å². The van der Waals surface area contributed by atoms with Gasteiger partial charge in [0.2, 0.25) is 5.82 Å². The fraction of sp³-hybridized carbons (Fsp3) is 0.429. The second kappa shape index (κ2) is 9.60. The van der Waals surface area contributed by atoms with E-state index in [1.54, 1.807) is 0 Å². The molecule has 2 aromatic carbocycles. The number of hydrogen-bond acceptors (Lipinski definition) is 1. The number of hydrogen-bond donors (Lipinski definition) is 0. The number of benzene rings is 2. The first-order chi connectivity index (χ1) is 12.5. The summed E-state index contributed by atoms with van der Waals surface area (Å²) in [4.78, 5) is 0. The normalized spacial score (nSPS) is 11.0. The maximum absolute atomic E-state index is 14.4. The first kappa shape index (κ1) is 20.3. The molecule has 0 N–H and O–H groups in total. The number of rotatable bonds is 9. The Bertz CT molecular complexity index is 743. The van der Waals surface area contributed by atoms with Crippen LogP contribution < -0.4 is 4.74 Å². The fourth-order valence-electron chi connectivity index (χ4n) is 2.74. The molecule has 0 radical (unpaired) electrons. The third-order valence-corrected chi connectivity index (χ3v) is 4.30. The zero-order chi connectivity index (χ0) is 19.1. The summed E-state index contributed by atoms with van der Waals surface area (Å²) in [6, 6.07) is 5.19. The van der Waals surface area contributed by atoms with Gasteiger partial charge in [-0.25, -0.2) is 13.2 Å². The zero-order valence-electron chi connectivity index (χ0n) is 15.2. The van der Waals surface area contributed by atoms with E-state index in [9.17, 15) is 17.6 Å². The summed E-state index contributed by atoms with van der Waals surface area (Å²) in [5.41, 5.74) is -0.372. The van der Waals surface area contributed by atoms with Crippen molar-refractivity contribution >= 4 is 0 Å². The summed E-state index contributed by atoms with van der Waals surface area (Å²) < 4.78 is 62.4. The maximum Gasteiger partial charge on any atom is 0.201 e. The van der Waals surface area contributed by atoms with Gasteiger partial charge in [0.25, 0.3) is 0 Å². The van der Waals surface area contributed by atoms with E-state index in [0.717, 1.165) is 32.1 Å². The number of aryl methyl sites for hydroxylation is 1. The van der Waals surface area contributed by atoms with Crippen LogP contribution in [0.3, 0.4) is 0 Å². The summed E-state index contributed by atoms with van der Waals surface area (Å²) in [5, 5.41) is 0. The molecule has 5 heteroatoms. The third kappa shape index (κ3) is 4.57. The zero-order valence-corrected chi connectivity index (χ0v) is 15.2. The lowest BCUT2D eigenvalue weighted by Crippen LogP contribution is -2.03. The highest BCUT2D eigenvalue weighted by Gasteiger charge is 2.21. The molecule has 0 aliphatic carbocycles. The van der Waals surface area contributed by atoms with Gasteiger partial charge in [-0.3, -0.25) is 0 Å². The molecule has 1 nitrogen and oxygen atoms in total. The van der Waals surface area contributed by atoms with Crippen molar-refractivity contribution in [1.29, 1.82) is 0 Å². The van der Waals surface area contributed by atoms with Gasteiger partial charge in [0.1, 0.15) is 0 Å². The van der Waals surface area contributed by atoms with Crippen LogP contribution in [0.5, 0.6) is 5.75 Å². The van der Waals surface area contributed by atoms with Crippen molar-refractivity contribution in [2.45, 2.75) is 52.4 Å². The molecule has 0 aromatic heterocycles. The molecule has 0 atom stereocenters. The highest BCUT2D eigenvalue weighted by atomic mass is 19.2. The Kier molecular flexibility index (Phi) is 7.49. The lowest BCUT2D eigenvalue weighted by atomic mass is 9.99. The first-order valence-corrected chi connectivity index (χ1v) is 9.09. The molecular weight excluding hydrogens is 344 g/mol. The van der Waals surface area contributed by atoms with Gasteiger partial charge < -0.3 is 4.74 Å². The van der Waals surface area contributed by atoms with E-state index in [2.05, 4.69) is 0 Å². The van der Waals surface area contributed by atoms with Crippen molar-refractivity contribution in [1.82, 2.24) is 0 Å². The van der Waals surface area contributed by atoms with Gasteiger partial charge in [-0.2, -0.15) is 4.39 Å². The van der Waals surface area contributed by atoms with E-state index in [-0.39, 0.29) is 29.0 Å². The minimum absolute atomic E-state index is 0.220. The second-order valence-electron chi connectivity index (χ2n) is 6.30. The molecule has 142 valence electrons. The highest BCUT2D eigenvalue weighted by molar-refractivity contribution is 5.66. The Hall–Kier alpha value is -2.04. The van der Waals surface area contributed by atoms with E-state index < -0.39 is 23.3 Å². The molecule has 0 heterocycles. The van der Waals surface area contributed by atoms with Crippen LogP contribution in [-0.2, 0) is 6.42 Å². The van der Waals surface area contributed by atoms with Crippen molar-refractivity contribution in [3.63, 3.8) is 0 Å². The number of unbranched alkanes of at least 4 members (excludes halogenated alkanes) is 3. The minimum atomic E-state index is -1.24. The molecule has 0 saturated heterocycles. The van der Waals surface area contributed by atoms with Crippen LogP contribution >= 0.6 is 0 Å². The molecule has 26 heavy (non-hydrogen) atoms. The predicted octanol–water partition coefficient (Wildman–Crippen LogP) is 6.82. The summed E-state index contributed by atoms with van der Waals surface area (Å²) in [6.45, 7) is 4.25. The van der Waals surface area contributed by atoms with Crippen molar-refractivity contribution in [2.24, 2.45) is 0 Å². The van der Waals surface area contributed by atoms with Crippen LogP contribution in [0.1, 0.15) is 51.5 Å². The van der Waals surface area contributed by atoms with Gasteiger partial charge in [0.15, 0.2) is 23.2 Å². The molecule has 0 aliphatic heterocycles. The SMILES string of the molecule is CCCCCOc1ccc(-c2ccc(CCCC)c(F)c2F)c(F)c1F. The Morgan fingerprint density at radius 3 is 1.96 bits per heavy atom. The van der Waals surface area contributed by atoms with Gasteiger partial charge >= 0.3 is 0 Å². The topological polar surface area (TPSA) is 9.23 Å². The van der Waals surface area contributed by atoms with Crippen molar-refractivity contribution in [3.05, 3.63) is 53.1 Å². The molecule has 0 bridgehead atoms. The smallest absolute Gasteiger partial charge is 0.201 e. The monoisotopic (exact) mass is 368 g/mol. The fourth-order valence-corrected chi connectivity index (χ4v) is 2.74. The van der Waals surface area contributed by atoms with E-state index in [1.807, 2.05) is 13.8 Å². The molecule has 2 rings (SSSR count). The first-order valence-electron chi connectivity index (χ1n) is 9.09. The van der Waals surface area contributed by atoms with Crippen LogP contribution in [0.2, 0.25) is 0 Å². The van der Waals surface area contributed by atoms with Gasteiger partial charge in [0.05, 0.1) is 6.61 Å². The van der Waals surface area contributed by atoms with Crippen LogP contribution in [-0.4, -0.2) is 6.61 Å². The van der Waals surface area contributed by atoms with Crippen LogP contribution in [0.25, 0.3) is 11.1 Å². The third-order valence-electron chi connectivity index (χ3n) is 4.30. The lowest BCUT2D eigenvalue weighted by molar-refractivity contribution is 0.286. The number of ether oxygens (including phenoxy) is 1. The predicted molar refractivity (Wildman–Crippen MR) is 95.3 cm³/mol. The molecular formula is C21H24F4O. The second-order valence-corrected chi connectivity index (χ2v) is 6.30. The molecule has 0 spiro atoms. The molecule has 0 fully saturated rings. The Morgan fingerprint density at radius 1 is 0.692 bits per heavy atom.